The van der Waals surface area contributed by atoms with Crippen LogP contribution in [0, 0.1) is 0 Å². The third-order valence-corrected chi connectivity index (χ3v) is 3.86. The van der Waals surface area contributed by atoms with Gasteiger partial charge in [-0.2, -0.15) is 0 Å². The molecular formula is C13H17N3O3S. The molecule has 1 heterocycles. The summed E-state index contributed by atoms with van der Waals surface area (Å²) in [6.45, 7) is 1.82. The summed E-state index contributed by atoms with van der Waals surface area (Å²) in [6.07, 6.45) is 1.22. The largest absolute Gasteiger partial charge is 0.382 e. The fourth-order valence-corrected chi connectivity index (χ4v) is 3.01. The number of hydrogen-bond donors (Lipinski definition) is 3. The van der Waals surface area contributed by atoms with Gasteiger partial charge in [-0.05, 0) is 24.6 Å². The fourth-order valence-electron chi connectivity index (χ4n) is 2.01. The highest BCUT2D eigenvalue weighted by Crippen LogP contribution is 2.18. The quantitative estimate of drug-likeness (QED) is 0.773. The van der Waals surface area contributed by atoms with Crippen LogP contribution in [0.2, 0.25) is 0 Å². The average Bonchev–Trinajstić information content (AvgIpc) is 2.74. The highest BCUT2D eigenvalue weighted by atomic mass is 32.2. The molecule has 0 radical (unpaired) electrons. The molecule has 7 heteroatoms. The van der Waals surface area contributed by atoms with Crippen molar-refractivity contribution < 1.29 is 8.42 Å². The Labute approximate surface area is 117 Å². The maximum atomic E-state index is 11.2. The zero-order valence-electron chi connectivity index (χ0n) is 11.3. The second-order valence-electron chi connectivity index (χ2n) is 4.89. The summed E-state index contributed by atoms with van der Waals surface area (Å²) in [5, 5.41) is 8.38. The normalized spacial score (nSPS) is 13.1. The number of H-pyrrole nitrogens is 2. The van der Waals surface area contributed by atoms with Gasteiger partial charge in [0.15, 0.2) is 0 Å². The second-order valence-corrected chi connectivity index (χ2v) is 7.07. The maximum absolute atomic E-state index is 11.2. The van der Waals surface area contributed by atoms with E-state index in [0.717, 1.165) is 11.3 Å². The third kappa shape index (κ3) is 3.99. The lowest BCUT2D eigenvalue weighted by Crippen LogP contribution is -2.24. The van der Waals surface area contributed by atoms with E-state index in [1.807, 2.05) is 31.2 Å². The van der Waals surface area contributed by atoms with E-state index in [1.165, 1.54) is 12.3 Å². The van der Waals surface area contributed by atoms with E-state index in [9.17, 15) is 13.2 Å². The van der Waals surface area contributed by atoms with Gasteiger partial charge >= 0.3 is 0 Å². The molecule has 0 saturated heterocycles. The van der Waals surface area contributed by atoms with Gasteiger partial charge in [-0.15, -0.1) is 0 Å². The van der Waals surface area contributed by atoms with Gasteiger partial charge in [0.1, 0.15) is 9.84 Å². The lowest BCUT2D eigenvalue weighted by Gasteiger charge is -2.14. The van der Waals surface area contributed by atoms with Gasteiger partial charge < -0.3 is 5.32 Å². The molecule has 0 aliphatic carbocycles. The number of aromatic nitrogens is 2. The maximum Gasteiger partial charge on any atom is 0.264 e. The first-order chi connectivity index (χ1) is 9.33. The molecule has 1 atom stereocenters. The Morgan fingerprint density at radius 2 is 1.85 bits per heavy atom. The minimum Gasteiger partial charge on any atom is -0.382 e. The summed E-state index contributed by atoms with van der Waals surface area (Å²) in [6, 6.07) is 8.72. The lowest BCUT2D eigenvalue weighted by molar-refractivity contribution is 0.598. The molecule has 0 aliphatic heterocycles. The van der Waals surface area contributed by atoms with Crippen molar-refractivity contribution in [2.45, 2.75) is 13.0 Å². The van der Waals surface area contributed by atoms with Crippen LogP contribution in [0.3, 0.4) is 0 Å². The average molecular weight is 295 g/mol. The standard InChI is InChI=1S/C13H17N3O3S/c1-9(8-20(2,18)19)14-11-5-3-10(4-6-11)12-7-13(17)16-15-12/h3-7,9,14H,8H2,1-2H3,(H2,15,16,17). The van der Waals surface area contributed by atoms with E-state index >= 15 is 0 Å². The first kappa shape index (κ1) is 14.4. The zero-order valence-corrected chi connectivity index (χ0v) is 12.1. The van der Waals surface area contributed by atoms with Crippen LogP contribution in [0.5, 0.6) is 0 Å². The molecule has 0 fully saturated rings. The number of rotatable bonds is 5. The molecule has 20 heavy (non-hydrogen) atoms. The Balaban J connectivity index is 2.07. The van der Waals surface area contributed by atoms with Crippen molar-refractivity contribution in [1.82, 2.24) is 10.2 Å². The molecule has 0 aliphatic rings. The summed E-state index contributed by atoms with van der Waals surface area (Å²) < 4.78 is 22.4. The first-order valence-corrected chi connectivity index (χ1v) is 8.22. The number of benzene rings is 1. The molecule has 0 saturated carbocycles. The molecule has 2 aromatic rings. The van der Waals surface area contributed by atoms with Gasteiger partial charge in [-0.1, -0.05) is 12.1 Å². The SMILES string of the molecule is CC(CS(C)(=O)=O)Nc1ccc(-c2cc(=O)[nH][nH]2)cc1. The van der Waals surface area contributed by atoms with E-state index in [2.05, 4.69) is 15.5 Å². The van der Waals surface area contributed by atoms with Crippen LogP contribution in [0.4, 0.5) is 5.69 Å². The van der Waals surface area contributed by atoms with Crippen LogP contribution in [-0.4, -0.2) is 36.7 Å². The van der Waals surface area contributed by atoms with Gasteiger partial charge in [0.05, 0.1) is 11.4 Å². The molecule has 1 aromatic carbocycles. The van der Waals surface area contributed by atoms with Crippen molar-refractivity contribution in [3.63, 3.8) is 0 Å². The predicted molar refractivity (Wildman–Crippen MR) is 79.6 cm³/mol. The summed E-state index contributed by atoms with van der Waals surface area (Å²) >= 11 is 0. The van der Waals surface area contributed by atoms with Crippen LogP contribution >= 0.6 is 0 Å². The highest BCUT2D eigenvalue weighted by molar-refractivity contribution is 7.90. The topological polar surface area (TPSA) is 94.8 Å². The van der Waals surface area contributed by atoms with E-state index < -0.39 is 9.84 Å². The number of hydrogen-bond acceptors (Lipinski definition) is 4. The molecule has 0 bridgehead atoms. The summed E-state index contributed by atoms with van der Waals surface area (Å²) in [5.41, 5.74) is 2.25. The molecule has 2 rings (SSSR count). The molecular weight excluding hydrogens is 278 g/mol. The van der Waals surface area contributed by atoms with Crippen molar-refractivity contribution >= 4 is 15.5 Å². The van der Waals surface area contributed by atoms with Crippen molar-refractivity contribution in [1.29, 1.82) is 0 Å². The van der Waals surface area contributed by atoms with Crippen LogP contribution in [0.1, 0.15) is 6.92 Å². The van der Waals surface area contributed by atoms with Crippen LogP contribution < -0.4 is 10.9 Å². The smallest absolute Gasteiger partial charge is 0.264 e. The van der Waals surface area contributed by atoms with Crippen molar-refractivity contribution in [2.75, 3.05) is 17.3 Å². The molecule has 3 N–H and O–H groups in total. The van der Waals surface area contributed by atoms with Gasteiger partial charge in [0.25, 0.3) is 5.56 Å². The van der Waals surface area contributed by atoms with Crippen LogP contribution in [-0.2, 0) is 9.84 Å². The molecule has 0 spiro atoms. The summed E-state index contributed by atoms with van der Waals surface area (Å²) in [7, 11) is -3.00. The van der Waals surface area contributed by atoms with Crippen LogP contribution in [0.15, 0.2) is 35.1 Å². The van der Waals surface area contributed by atoms with Crippen molar-refractivity contribution in [3.8, 4) is 11.3 Å². The monoisotopic (exact) mass is 295 g/mol. The Morgan fingerprint density at radius 1 is 1.20 bits per heavy atom. The molecule has 1 unspecified atom stereocenters. The van der Waals surface area contributed by atoms with Crippen LogP contribution in [0.25, 0.3) is 11.3 Å². The van der Waals surface area contributed by atoms with Gasteiger partial charge in [0, 0.05) is 24.1 Å². The summed E-state index contributed by atoms with van der Waals surface area (Å²) in [5.74, 6) is 0.0832. The van der Waals surface area contributed by atoms with E-state index in [1.54, 1.807) is 0 Å². The third-order valence-electron chi connectivity index (χ3n) is 2.76. The number of sulfone groups is 1. The Kier molecular flexibility index (Phi) is 3.99. The zero-order chi connectivity index (χ0) is 14.8. The van der Waals surface area contributed by atoms with Gasteiger partial charge in [-0.3, -0.25) is 15.0 Å². The molecule has 1 aromatic heterocycles. The van der Waals surface area contributed by atoms with E-state index in [0.29, 0.717) is 5.69 Å². The predicted octanol–water partition coefficient (Wildman–Crippen LogP) is 1.21. The van der Waals surface area contributed by atoms with Gasteiger partial charge in [0.2, 0.25) is 0 Å². The first-order valence-electron chi connectivity index (χ1n) is 6.16. The lowest BCUT2D eigenvalue weighted by atomic mass is 10.1. The Hall–Kier alpha value is -2.02. The van der Waals surface area contributed by atoms with E-state index in [-0.39, 0.29) is 17.4 Å². The number of anilines is 1. The highest BCUT2D eigenvalue weighted by Gasteiger charge is 2.10. The van der Waals surface area contributed by atoms with Crippen molar-refractivity contribution in [2.24, 2.45) is 0 Å². The fraction of sp³-hybridized carbons (Fsp3) is 0.308. The van der Waals surface area contributed by atoms with Gasteiger partial charge in [-0.25, -0.2) is 8.42 Å². The Morgan fingerprint density at radius 3 is 2.35 bits per heavy atom. The minimum atomic E-state index is -3.00. The number of aromatic amines is 2. The second kappa shape index (κ2) is 5.54. The van der Waals surface area contributed by atoms with Crippen molar-refractivity contribution in [3.05, 3.63) is 40.7 Å². The molecule has 108 valence electrons. The summed E-state index contributed by atoms with van der Waals surface area (Å²) in [4.78, 5) is 11.1. The number of nitrogens with one attached hydrogen (secondary N) is 3. The molecule has 0 amide bonds. The van der Waals surface area contributed by atoms with E-state index in [4.69, 9.17) is 0 Å². The Bertz CT molecular complexity index is 729. The molecule has 6 nitrogen and oxygen atoms in total. The minimum absolute atomic E-state index is 0.0832.